The van der Waals surface area contributed by atoms with E-state index in [1.54, 1.807) is 19.1 Å². The number of pyridine rings is 1. The minimum Gasteiger partial charge on any atom is -0.496 e. The summed E-state index contributed by atoms with van der Waals surface area (Å²) in [5.74, 6) is -0.343. The summed E-state index contributed by atoms with van der Waals surface area (Å²) in [5.41, 5.74) is 0.764. The molecule has 0 radical (unpaired) electrons. The molecule has 0 saturated carbocycles. The van der Waals surface area contributed by atoms with E-state index in [9.17, 15) is 17.6 Å². The van der Waals surface area contributed by atoms with Crippen LogP contribution in [0.3, 0.4) is 0 Å². The summed E-state index contributed by atoms with van der Waals surface area (Å²) in [5, 5.41) is 0. The second-order valence-electron chi connectivity index (χ2n) is 5.31. The minimum atomic E-state index is -3.62. The third-order valence-corrected chi connectivity index (χ3v) is 4.80. The van der Waals surface area contributed by atoms with Crippen molar-refractivity contribution in [2.75, 3.05) is 13.7 Å². The molecule has 2 aromatic rings. The van der Waals surface area contributed by atoms with E-state index < -0.39 is 15.8 Å². The van der Waals surface area contributed by atoms with Crippen molar-refractivity contribution in [3.05, 3.63) is 63.8 Å². The number of halogens is 1. The zero-order valence-corrected chi connectivity index (χ0v) is 14.3. The summed E-state index contributed by atoms with van der Waals surface area (Å²) in [6, 6.07) is 8.47. The quantitative estimate of drug-likeness (QED) is 0.816. The first kappa shape index (κ1) is 18.2. The van der Waals surface area contributed by atoms with E-state index in [0.29, 0.717) is 17.0 Å². The molecule has 1 N–H and O–H groups in total. The van der Waals surface area contributed by atoms with Gasteiger partial charge in [-0.15, -0.1) is 0 Å². The van der Waals surface area contributed by atoms with Crippen molar-refractivity contribution < 1.29 is 17.5 Å². The molecular formula is C16H19FN2O4S. The third-order valence-electron chi connectivity index (χ3n) is 3.45. The number of aryl methyl sites for hydroxylation is 1. The van der Waals surface area contributed by atoms with Crippen LogP contribution in [-0.4, -0.2) is 26.6 Å². The minimum absolute atomic E-state index is 0.0602. The number of sulfonamides is 1. The third kappa shape index (κ3) is 4.90. The van der Waals surface area contributed by atoms with Crippen molar-refractivity contribution in [3.63, 3.8) is 0 Å². The van der Waals surface area contributed by atoms with E-state index in [4.69, 9.17) is 4.74 Å². The van der Waals surface area contributed by atoms with Gasteiger partial charge in [0.2, 0.25) is 10.0 Å². The number of benzene rings is 1. The van der Waals surface area contributed by atoms with Gasteiger partial charge in [0.05, 0.1) is 12.9 Å². The highest BCUT2D eigenvalue weighted by atomic mass is 32.2. The largest absolute Gasteiger partial charge is 0.496 e. The number of nitrogens with one attached hydrogen (secondary N) is 1. The lowest BCUT2D eigenvalue weighted by molar-refractivity contribution is 0.411. The van der Waals surface area contributed by atoms with Crippen LogP contribution in [0.5, 0.6) is 5.75 Å². The molecular weight excluding hydrogens is 335 g/mol. The van der Waals surface area contributed by atoms with Crippen molar-refractivity contribution in [3.8, 4) is 5.75 Å². The highest BCUT2D eigenvalue weighted by Crippen LogP contribution is 2.09. The Labute approximate surface area is 139 Å². The van der Waals surface area contributed by atoms with Crippen LogP contribution in [-0.2, 0) is 22.3 Å². The van der Waals surface area contributed by atoms with E-state index >= 15 is 0 Å². The Morgan fingerprint density at radius 2 is 2.00 bits per heavy atom. The summed E-state index contributed by atoms with van der Waals surface area (Å²) in [7, 11) is -2.15. The van der Waals surface area contributed by atoms with Crippen LogP contribution in [0, 0.1) is 12.7 Å². The zero-order chi connectivity index (χ0) is 17.7. The fraction of sp³-hybridized carbons (Fsp3) is 0.312. The molecule has 0 bridgehead atoms. The first-order chi connectivity index (χ1) is 11.3. The van der Waals surface area contributed by atoms with Crippen LogP contribution in [0.25, 0.3) is 0 Å². The molecule has 1 heterocycles. The maximum absolute atomic E-state index is 13.1. The van der Waals surface area contributed by atoms with Gasteiger partial charge in [-0.25, -0.2) is 17.5 Å². The highest BCUT2D eigenvalue weighted by molar-refractivity contribution is 7.88. The topological polar surface area (TPSA) is 77.4 Å². The monoisotopic (exact) mass is 354 g/mol. The van der Waals surface area contributed by atoms with Gasteiger partial charge >= 0.3 is 0 Å². The molecule has 0 atom stereocenters. The van der Waals surface area contributed by atoms with Crippen LogP contribution in [0.4, 0.5) is 4.39 Å². The van der Waals surface area contributed by atoms with Gasteiger partial charge in [-0.05, 0) is 30.7 Å². The number of rotatable bonds is 7. The smallest absolute Gasteiger partial charge is 0.254 e. The average molecular weight is 354 g/mol. The van der Waals surface area contributed by atoms with Gasteiger partial charge in [-0.2, -0.15) is 0 Å². The fourth-order valence-corrected chi connectivity index (χ4v) is 3.44. The number of aromatic nitrogens is 1. The Morgan fingerprint density at radius 3 is 2.62 bits per heavy atom. The van der Waals surface area contributed by atoms with Crippen LogP contribution < -0.4 is 15.0 Å². The van der Waals surface area contributed by atoms with Gasteiger partial charge in [-0.3, -0.25) is 4.79 Å². The Hall–Kier alpha value is -2.19. The molecule has 0 aliphatic rings. The molecule has 0 fully saturated rings. The molecule has 8 heteroatoms. The van der Waals surface area contributed by atoms with E-state index in [1.165, 1.54) is 35.9 Å². The number of hydrogen-bond donors (Lipinski definition) is 1. The first-order valence-corrected chi connectivity index (χ1v) is 8.93. The van der Waals surface area contributed by atoms with Crippen molar-refractivity contribution in [1.29, 1.82) is 0 Å². The molecule has 0 aliphatic heterocycles. The predicted octanol–water partition coefficient (Wildman–Crippen LogP) is 1.42. The Bertz CT molecular complexity index is 878. The maximum Gasteiger partial charge on any atom is 0.254 e. The van der Waals surface area contributed by atoms with Crippen molar-refractivity contribution >= 4 is 10.0 Å². The molecule has 0 unspecified atom stereocenters. The summed E-state index contributed by atoms with van der Waals surface area (Å²) in [6.45, 7) is 1.99. The molecule has 0 spiro atoms. The average Bonchev–Trinajstić information content (AvgIpc) is 2.49. The number of nitrogens with zero attached hydrogens (tertiary/aromatic N) is 1. The SMILES string of the molecule is COc1cc(C)n(CCNS(=O)(=O)Cc2cccc(F)c2)c(=O)c1. The molecule has 0 saturated heterocycles. The van der Waals surface area contributed by atoms with Gasteiger partial charge in [0.1, 0.15) is 11.6 Å². The number of ether oxygens (including phenoxy) is 1. The van der Waals surface area contributed by atoms with Crippen LogP contribution in [0.15, 0.2) is 41.2 Å². The lowest BCUT2D eigenvalue weighted by Crippen LogP contribution is -2.32. The molecule has 2 rings (SSSR count). The normalized spacial score (nSPS) is 11.5. The Balaban J connectivity index is 2.00. The molecule has 6 nitrogen and oxygen atoms in total. The van der Waals surface area contributed by atoms with E-state index in [0.717, 1.165) is 0 Å². The molecule has 1 aromatic heterocycles. The second kappa shape index (κ2) is 7.59. The number of methoxy groups -OCH3 is 1. The fourth-order valence-electron chi connectivity index (χ4n) is 2.31. The first-order valence-electron chi connectivity index (χ1n) is 7.28. The van der Waals surface area contributed by atoms with Gasteiger partial charge < -0.3 is 9.30 Å². The van der Waals surface area contributed by atoms with Crippen molar-refractivity contribution in [2.45, 2.75) is 19.2 Å². The Kier molecular flexibility index (Phi) is 5.74. The van der Waals surface area contributed by atoms with Crippen LogP contribution in [0.1, 0.15) is 11.3 Å². The molecule has 0 amide bonds. The van der Waals surface area contributed by atoms with Crippen LogP contribution in [0.2, 0.25) is 0 Å². The zero-order valence-electron chi connectivity index (χ0n) is 13.5. The standard InChI is InChI=1S/C16H19FN2O4S/c1-12-8-15(23-2)10-16(20)19(12)7-6-18-24(21,22)11-13-4-3-5-14(17)9-13/h3-5,8-10,18H,6-7,11H2,1-2H3. The summed E-state index contributed by atoms with van der Waals surface area (Å²) in [6.07, 6.45) is 0. The lowest BCUT2D eigenvalue weighted by atomic mass is 10.2. The predicted molar refractivity (Wildman–Crippen MR) is 89.0 cm³/mol. The highest BCUT2D eigenvalue weighted by Gasteiger charge is 2.12. The van der Waals surface area contributed by atoms with Gasteiger partial charge in [-0.1, -0.05) is 12.1 Å². The number of hydrogen-bond acceptors (Lipinski definition) is 4. The molecule has 0 aliphatic carbocycles. The van der Waals surface area contributed by atoms with Crippen molar-refractivity contribution in [1.82, 2.24) is 9.29 Å². The van der Waals surface area contributed by atoms with Gasteiger partial charge in [0, 0.05) is 24.8 Å². The summed E-state index contributed by atoms with van der Waals surface area (Å²) >= 11 is 0. The Morgan fingerprint density at radius 1 is 1.25 bits per heavy atom. The maximum atomic E-state index is 13.1. The van der Waals surface area contributed by atoms with E-state index in [2.05, 4.69) is 4.72 Å². The van der Waals surface area contributed by atoms with E-state index in [-0.39, 0.29) is 24.4 Å². The lowest BCUT2D eigenvalue weighted by Gasteiger charge is -2.12. The summed E-state index contributed by atoms with van der Waals surface area (Å²) < 4.78 is 46.0. The molecule has 130 valence electrons. The molecule has 1 aromatic carbocycles. The summed E-state index contributed by atoms with van der Waals surface area (Å²) in [4.78, 5) is 12.0. The van der Waals surface area contributed by atoms with Gasteiger partial charge in [0.15, 0.2) is 0 Å². The van der Waals surface area contributed by atoms with Gasteiger partial charge in [0.25, 0.3) is 5.56 Å². The van der Waals surface area contributed by atoms with Crippen molar-refractivity contribution in [2.24, 2.45) is 0 Å². The molecule has 24 heavy (non-hydrogen) atoms. The second-order valence-corrected chi connectivity index (χ2v) is 7.12. The van der Waals surface area contributed by atoms with Crippen LogP contribution >= 0.6 is 0 Å². The van der Waals surface area contributed by atoms with E-state index in [1.807, 2.05) is 0 Å².